The molecule has 2 aromatic carbocycles. The Balaban J connectivity index is 1.70. The topological polar surface area (TPSA) is 71.1 Å². The normalized spacial score (nSPS) is 18.2. The van der Waals surface area contributed by atoms with Crippen molar-refractivity contribution < 1.29 is 4.92 Å². The highest BCUT2D eigenvalue weighted by molar-refractivity contribution is 9.10. The SMILES string of the molecule is O=[N+]([O-])c1ccc(/C=C2/SC(N3CCCC3)=NN=C2c2ccc(Br)cc2)cc1. The van der Waals surface area contributed by atoms with Crippen LogP contribution in [0.25, 0.3) is 6.08 Å². The molecule has 0 N–H and O–H groups in total. The number of rotatable bonds is 3. The number of allylic oxidation sites excluding steroid dienone is 1. The summed E-state index contributed by atoms with van der Waals surface area (Å²) in [6, 6.07) is 14.5. The third-order valence-corrected chi connectivity index (χ3v) is 6.15. The number of non-ortho nitro benzene ring substituents is 1. The highest BCUT2D eigenvalue weighted by Gasteiger charge is 2.24. The monoisotopic (exact) mass is 456 g/mol. The summed E-state index contributed by atoms with van der Waals surface area (Å²) in [6.45, 7) is 2.00. The van der Waals surface area contributed by atoms with E-state index in [1.165, 1.54) is 25.0 Å². The fourth-order valence-corrected chi connectivity index (χ4v) is 4.40. The van der Waals surface area contributed by atoms with Crippen molar-refractivity contribution in [3.63, 3.8) is 0 Å². The van der Waals surface area contributed by atoms with E-state index in [0.717, 1.165) is 44.5 Å². The van der Waals surface area contributed by atoms with Crippen molar-refractivity contribution in [1.82, 2.24) is 4.90 Å². The second kappa shape index (κ2) is 8.28. The molecule has 0 saturated carbocycles. The average Bonchev–Trinajstić information content (AvgIpc) is 3.24. The number of likely N-dealkylation sites (tertiary alicyclic amines) is 1. The largest absolute Gasteiger partial charge is 0.349 e. The van der Waals surface area contributed by atoms with E-state index in [1.54, 1.807) is 23.9 Å². The van der Waals surface area contributed by atoms with Gasteiger partial charge in [-0.25, -0.2) is 0 Å². The first kappa shape index (κ1) is 18.9. The van der Waals surface area contributed by atoms with Gasteiger partial charge in [0.25, 0.3) is 5.69 Å². The maximum atomic E-state index is 10.9. The lowest BCUT2D eigenvalue weighted by Crippen LogP contribution is -2.27. The molecule has 2 aliphatic heterocycles. The summed E-state index contributed by atoms with van der Waals surface area (Å²) in [5.74, 6) is 0. The predicted molar refractivity (Wildman–Crippen MR) is 118 cm³/mol. The Morgan fingerprint density at radius 2 is 1.71 bits per heavy atom. The van der Waals surface area contributed by atoms with Crippen LogP contribution < -0.4 is 0 Å². The molecule has 0 bridgehead atoms. The number of halogens is 1. The number of hydrogen-bond acceptors (Lipinski definition) is 6. The molecule has 1 fully saturated rings. The standard InChI is InChI=1S/C20H17BrN4O2S/c21-16-7-5-15(6-8-16)19-18(13-14-3-9-17(10-4-14)25(26)27)28-20(23-22-19)24-11-1-2-12-24/h3-10,13H,1-2,11-12H2/b18-13+. The van der Waals surface area contributed by atoms with Crippen molar-refractivity contribution in [3.05, 3.63) is 79.2 Å². The van der Waals surface area contributed by atoms with Crippen LogP contribution >= 0.6 is 27.7 Å². The van der Waals surface area contributed by atoms with Gasteiger partial charge in [0.2, 0.25) is 0 Å². The first-order valence-corrected chi connectivity index (χ1v) is 10.5. The first-order valence-electron chi connectivity index (χ1n) is 8.91. The smallest absolute Gasteiger partial charge is 0.269 e. The van der Waals surface area contributed by atoms with Gasteiger partial charge < -0.3 is 4.90 Å². The molecule has 0 unspecified atom stereocenters. The van der Waals surface area contributed by atoms with Crippen LogP contribution in [0, 0.1) is 10.1 Å². The third-order valence-electron chi connectivity index (χ3n) is 4.57. The molecule has 0 radical (unpaired) electrons. The van der Waals surface area contributed by atoms with E-state index in [2.05, 4.69) is 31.0 Å². The summed E-state index contributed by atoms with van der Waals surface area (Å²) in [7, 11) is 0. The minimum atomic E-state index is -0.390. The quantitative estimate of drug-likeness (QED) is 0.463. The van der Waals surface area contributed by atoms with Crippen LogP contribution in [0.1, 0.15) is 24.0 Å². The molecule has 0 aromatic heterocycles. The van der Waals surface area contributed by atoms with Crippen LogP contribution in [0.3, 0.4) is 0 Å². The fourth-order valence-electron chi connectivity index (χ4n) is 3.09. The number of hydrogen-bond donors (Lipinski definition) is 0. The summed E-state index contributed by atoms with van der Waals surface area (Å²) in [4.78, 5) is 13.7. The number of nitro benzene ring substituents is 1. The van der Waals surface area contributed by atoms with Crippen LogP contribution in [-0.4, -0.2) is 33.8 Å². The zero-order valence-corrected chi connectivity index (χ0v) is 17.3. The van der Waals surface area contributed by atoms with Crippen LogP contribution in [0.4, 0.5) is 5.69 Å². The number of thioether (sulfide) groups is 1. The number of amidine groups is 1. The highest BCUT2D eigenvalue weighted by Crippen LogP contribution is 2.32. The Bertz CT molecular complexity index is 978. The molecule has 2 heterocycles. The van der Waals surface area contributed by atoms with Crippen molar-refractivity contribution in [2.75, 3.05) is 13.1 Å². The minimum Gasteiger partial charge on any atom is -0.349 e. The van der Waals surface area contributed by atoms with Gasteiger partial charge in [0.05, 0.1) is 4.92 Å². The molecule has 0 spiro atoms. The molecule has 6 nitrogen and oxygen atoms in total. The van der Waals surface area contributed by atoms with E-state index < -0.39 is 0 Å². The van der Waals surface area contributed by atoms with E-state index in [4.69, 9.17) is 0 Å². The zero-order valence-electron chi connectivity index (χ0n) is 14.9. The molecule has 0 atom stereocenters. The van der Waals surface area contributed by atoms with Crippen molar-refractivity contribution in [1.29, 1.82) is 0 Å². The third kappa shape index (κ3) is 4.18. The first-order chi connectivity index (χ1) is 13.6. The van der Waals surface area contributed by atoms with Gasteiger partial charge in [-0.2, -0.15) is 0 Å². The van der Waals surface area contributed by atoms with Crippen molar-refractivity contribution in [2.45, 2.75) is 12.8 Å². The van der Waals surface area contributed by atoms with Gasteiger partial charge in [-0.15, -0.1) is 10.2 Å². The molecule has 4 rings (SSSR count). The van der Waals surface area contributed by atoms with Gasteiger partial charge in [0.1, 0.15) is 5.71 Å². The second-order valence-corrected chi connectivity index (χ2v) is 8.42. The van der Waals surface area contributed by atoms with E-state index in [0.29, 0.717) is 0 Å². The van der Waals surface area contributed by atoms with Gasteiger partial charge in [-0.1, -0.05) is 28.1 Å². The Labute approximate surface area is 175 Å². The molecule has 2 aromatic rings. The van der Waals surface area contributed by atoms with Gasteiger partial charge in [0.15, 0.2) is 5.17 Å². The lowest BCUT2D eigenvalue weighted by molar-refractivity contribution is -0.384. The molecule has 28 heavy (non-hydrogen) atoms. The van der Waals surface area contributed by atoms with E-state index in [9.17, 15) is 10.1 Å². The Hall–Kier alpha value is -2.45. The Morgan fingerprint density at radius 1 is 1.04 bits per heavy atom. The predicted octanol–water partition coefficient (Wildman–Crippen LogP) is 5.30. The summed E-state index contributed by atoms with van der Waals surface area (Å²) in [5.41, 5.74) is 2.76. The molecular weight excluding hydrogens is 440 g/mol. The summed E-state index contributed by atoms with van der Waals surface area (Å²) in [5, 5.41) is 20.8. The van der Waals surface area contributed by atoms with Crippen LogP contribution in [-0.2, 0) is 0 Å². The average molecular weight is 457 g/mol. The molecule has 142 valence electrons. The summed E-state index contributed by atoms with van der Waals surface area (Å²) in [6.07, 6.45) is 4.36. The van der Waals surface area contributed by atoms with Crippen LogP contribution in [0.5, 0.6) is 0 Å². The Morgan fingerprint density at radius 3 is 2.36 bits per heavy atom. The van der Waals surface area contributed by atoms with E-state index in [1.807, 2.05) is 30.3 Å². The number of benzene rings is 2. The molecular formula is C20H17BrN4O2S. The van der Waals surface area contributed by atoms with Gasteiger partial charge in [0, 0.05) is 40.2 Å². The van der Waals surface area contributed by atoms with E-state index >= 15 is 0 Å². The van der Waals surface area contributed by atoms with Crippen LogP contribution in [0.15, 0.2) is 68.1 Å². The molecule has 1 saturated heterocycles. The van der Waals surface area contributed by atoms with Gasteiger partial charge in [-0.3, -0.25) is 10.1 Å². The summed E-state index contributed by atoms with van der Waals surface area (Å²) < 4.78 is 1.00. The maximum Gasteiger partial charge on any atom is 0.269 e. The van der Waals surface area contributed by atoms with Crippen molar-refractivity contribution in [3.8, 4) is 0 Å². The number of nitrogens with zero attached hydrogens (tertiary/aromatic N) is 4. The van der Waals surface area contributed by atoms with E-state index in [-0.39, 0.29) is 10.6 Å². The van der Waals surface area contributed by atoms with Gasteiger partial charge in [-0.05, 0) is 60.5 Å². The second-order valence-electron chi connectivity index (χ2n) is 6.49. The molecule has 2 aliphatic rings. The highest BCUT2D eigenvalue weighted by atomic mass is 79.9. The summed E-state index contributed by atoms with van der Waals surface area (Å²) >= 11 is 5.06. The molecule has 0 amide bonds. The van der Waals surface area contributed by atoms with Crippen molar-refractivity contribution >= 4 is 50.3 Å². The fraction of sp³-hybridized carbons (Fsp3) is 0.200. The minimum absolute atomic E-state index is 0.0829. The molecule has 8 heteroatoms. The lowest BCUT2D eigenvalue weighted by Gasteiger charge is -2.23. The lowest BCUT2D eigenvalue weighted by atomic mass is 10.1. The maximum absolute atomic E-state index is 10.9. The zero-order chi connectivity index (χ0) is 19.5. The molecule has 0 aliphatic carbocycles. The number of nitro groups is 1. The van der Waals surface area contributed by atoms with Gasteiger partial charge >= 0.3 is 0 Å². The Kier molecular flexibility index (Phi) is 5.59. The van der Waals surface area contributed by atoms with Crippen molar-refractivity contribution in [2.24, 2.45) is 10.2 Å². The van der Waals surface area contributed by atoms with Crippen LogP contribution in [0.2, 0.25) is 0 Å².